The van der Waals surface area contributed by atoms with E-state index < -0.39 is 9.84 Å². The fraction of sp³-hybridized carbons (Fsp3) is 0.455. The fourth-order valence-electron chi connectivity index (χ4n) is 1.93. The molecule has 1 N–H and O–H groups in total. The van der Waals surface area contributed by atoms with Crippen molar-refractivity contribution in [1.82, 2.24) is 5.32 Å². The minimum absolute atomic E-state index is 0.0660. The maximum atomic E-state index is 11.0. The second-order valence-corrected chi connectivity index (χ2v) is 6.74. The molecule has 0 bridgehead atoms. The Balaban J connectivity index is 1.99. The van der Waals surface area contributed by atoms with Crippen molar-refractivity contribution in [2.45, 2.75) is 19.0 Å². The van der Waals surface area contributed by atoms with Gasteiger partial charge in [0, 0.05) is 17.1 Å². The Kier molecular flexibility index (Phi) is 3.24. The van der Waals surface area contributed by atoms with E-state index in [0.29, 0.717) is 5.02 Å². The van der Waals surface area contributed by atoms with Crippen molar-refractivity contribution in [2.24, 2.45) is 0 Å². The molecule has 0 spiro atoms. The van der Waals surface area contributed by atoms with Gasteiger partial charge < -0.3 is 5.32 Å². The first-order valence-corrected chi connectivity index (χ1v) is 7.39. The van der Waals surface area contributed by atoms with Crippen molar-refractivity contribution >= 4 is 21.4 Å². The van der Waals surface area contributed by atoms with Crippen LogP contribution in [0, 0.1) is 0 Å². The van der Waals surface area contributed by atoms with E-state index in [1.54, 1.807) is 0 Å². The van der Waals surface area contributed by atoms with Crippen LogP contribution in [0.2, 0.25) is 5.02 Å². The van der Waals surface area contributed by atoms with Crippen molar-refractivity contribution < 1.29 is 8.42 Å². The van der Waals surface area contributed by atoms with E-state index in [1.807, 2.05) is 31.2 Å². The van der Waals surface area contributed by atoms with E-state index in [-0.39, 0.29) is 23.6 Å². The van der Waals surface area contributed by atoms with Gasteiger partial charge in [-0.1, -0.05) is 29.8 Å². The van der Waals surface area contributed by atoms with Crippen molar-refractivity contribution in [1.29, 1.82) is 0 Å². The number of hydrogen-bond donors (Lipinski definition) is 1. The van der Waals surface area contributed by atoms with Crippen LogP contribution in [-0.2, 0) is 9.84 Å². The summed E-state index contributed by atoms with van der Waals surface area (Å²) < 4.78 is 22.0. The predicted octanol–water partition coefficient (Wildman–Crippen LogP) is 1.79. The highest BCUT2D eigenvalue weighted by molar-refractivity contribution is 7.92. The molecule has 0 aliphatic carbocycles. The lowest BCUT2D eigenvalue weighted by Gasteiger charge is -2.30. The summed E-state index contributed by atoms with van der Waals surface area (Å²) in [5.41, 5.74) is 1.01. The Morgan fingerprint density at radius 2 is 2.00 bits per heavy atom. The number of rotatable bonds is 3. The summed E-state index contributed by atoms with van der Waals surface area (Å²) in [6, 6.07) is 7.74. The van der Waals surface area contributed by atoms with E-state index in [9.17, 15) is 8.42 Å². The molecule has 88 valence electrons. The molecule has 1 atom stereocenters. The summed E-state index contributed by atoms with van der Waals surface area (Å²) in [4.78, 5) is 0. The monoisotopic (exact) mass is 259 g/mol. The Labute approximate surface area is 101 Å². The smallest absolute Gasteiger partial charge is 0.153 e. The molecule has 1 heterocycles. The van der Waals surface area contributed by atoms with Crippen LogP contribution in [0.1, 0.15) is 18.5 Å². The van der Waals surface area contributed by atoms with Gasteiger partial charge in [0.25, 0.3) is 0 Å². The maximum Gasteiger partial charge on any atom is 0.153 e. The molecule has 0 amide bonds. The SMILES string of the molecule is CC(NC1CS(=O)(=O)C1)c1ccccc1Cl. The molecule has 0 saturated carbocycles. The molecule has 5 heteroatoms. The van der Waals surface area contributed by atoms with Crippen LogP contribution in [-0.4, -0.2) is 26.0 Å². The van der Waals surface area contributed by atoms with Crippen molar-refractivity contribution in [3.8, 4) is 0 Å². The third-order valence-electron chi connectivity index (χ3n) is 2.77. The van der Waals surface area contributed by atoms with Gasteiger partial charge in [-0.05, 0) is 18.6 Å². The van der Waals surface area contributed by atoms with E-state index in [1.165, 1.54) is 0 Å². The molecule has 0 aromatic heterocycles. The van der Waals surface area contributed by atoms with E-state index in [0.717, 1.165) is 5.56 Å². The third-order valence-corrected chi connectivity index (χ3v) is 4.93. The lowest BCUT2D eigenvalue weighted by atomic mass is 10.1. The third kappa shape index (κ3) is 2.56. The van der Waals surface area contributed by atoms with E-state index >= 15 is 0 Å². The predicted molar refractivity (Wildman–Crippen MR) is 65.4 cm³/mol. The van der Waals surface area contributed by atoms with E-state index in [2.05, 4.69) is 5.32 Å². The number of benzene rings is 1. The molecule has 0 radical (unpaired) electrons. The van der Waals surface area contributed by atoms with Gasteiger partial charge in [0.15, 0.2) is 9.84 Å². The number of nitrogens with one attached hydrogen (secondary N) is 1. The van der Waals surface area contributed by atoms with Crippen LogP contribution in [0.15, 0.2) is 24.3 Å². The Bertz CT molecular complexity index is 475. The highest BCUT2D eigenvalue weighted by Crippen LogP contribution is 2.24. The molecule has 1 saturated heterocycles. The number of sulfone groups is 1. The zero-order valence-electron chi connectivity index (χ0n) is 8.98. The van der Waals surface area contributed by atoms with Gasteiger partial charge in [-0.3, -0.25) is 0 Å². The molecule has 1 aromatic rings. The van der Waals surface area contributed by atoms with Gasteiger partial charge >= 0.3 is 0 Å². The molecule has 16 heavy (non-hydrogen) atoms. The van der Waals surface area contributed by atoms with Crippen LogP contribution in [0.5, 0.6) is 0 Å². The summed E-state index contributed by atoms with van der Waals surface area (Å²) in [7, 11) is -2.76. The summed E-state index contributed by atoms with van der Waals surface area (Å²) in [6.45, 7) is 1.99. The molecule has 1 fully saturated rings. The van der Waals surface area contributed by atoms with Gasteiger partial charge in [0.2, 0.25) is 0 Å². The Morgan fingerprint density at radius 1 is 1.38 bits per heavy atom. The number of hydrogen-bond acceptors (Lipinski definition) is 3. The first-order chi connectivity index (χ1) is 7.48. The van der Waals surface area contributed by atoms with Gasteiger partial charge in [0.1, 0.15) is 0 Å². The van der Waals surface area contributed by atoms with Gasteiger partial charge in [-0.2, -0.15) is 0 Å². The highest BCUT2D eigenvalue weighted by atomic mass is 35.5. The first kappa shape index (κ1) is 11.9. The Morgan fingerprint density at radius 3 is 2.56 bits per heavy atom. The summed E-state index contributed by atoms with van der Waals surface area (Å²) in [5.74, 6) is 0.476. The average molecular weight is 260 g/mol. The van der Waals surface area contributed by atoms with Gasteiger partial charge in [-0.25, -0.2) is 8.42 Å². The van der Waals surface area contributed by atoms with Gasteiger partial charge in [0.05, 0.1) is 11.5 Å². The van der Waals surface area contributed by atoms with Crippen molar-refractivity contribution in [3.63, 3.8) is 0 Å². The van der Waals surface area contributed by atoms with Gasteiger partial charge in [-0.15, -0.1) is 0 Å². The minimum Gasteiger partial charge on any atom is -0.305 e. The summed E-state index contributed by atoms with van der Waals surface area (Å²) in [5, 5.41) is 3.98. The molecule has 1 unspecified atom stereocenters. The molecular formula is C11H14ClNO2S. The molecule has 2 rings (SSSR count). The quantitative estimate of drug-likeness (QED) is 0.900. The molecular weight excluding hydrogens is 246 g/mol. The highest BCUT2D eigenvalue weighted by Gasteiger charge is 2.34. The lowest BCUT2D eigenvalue weighted by Crippen LogP contribution is -2.51. The normalized spacial score (nSPS) is 21.4. The summed E-state index contributed by atoms with van der Waals surface area (Å²) in [6.07, 6.45) is 0. The number of halogens is 1. The maximum absolute atomic E-state index is 11.0. The molecule has 1 aliphatic heterocycles. The second-order valence-electron chi connectivity index (χ2n) is 4.18. The van der Waals surface area contributed by atoms with Crippen LogP contribution in [0.3, 0.4) is 0 Å². The van der Waals surface area contributed by atoms with Crippen LogP contribution >= 0.6 is 11.6 Å². The topological polar surface area (TPSA) is 46.2 Å². The Hall–Kier alpha value is -0.580. The zero-order chi connectivity index (χ0) is 11.8. The lowest BCUT2D eigenvalue weighted by molar-refractivity contribution is 0.468. The molecule has 3 nitrogen and oxygen atoms in total. The van der Waals surface area contributed by atoms with Crippen molar-refractivity contribution in [2.75, 3.05) is 11.5 Å². The van der Waals surface area contributed by atoms with Crippen LogP contribution in [0.25, 0.3) is 0 Å². The van der Waals surface area contributed by atoms with Crippen LogP contribution in [0.4, 0.5) is 0 Å². The molecule has 1 aliphatic rings. The van der Waals surface area contributed by atoms with Crippen molar-refractivity contribution in [3.05, 3.63) is 34.9 Å². The minimum atomic E-state index is -2.76. The first-order valence-electron chi connectivity index (χ1n) is 5.19. The standard InChI is InChI=1S/C11H14ClNO2S/c1-8(10-4-2-3-5-11(10)12)13-9-6-16(14,15)7-9/h2-5,8-9,13H,6-7H2,1H3. The zero-order valence-corrected chi connectivity index (χ0v) is 10.6. The largest absolute Gasteiger partial charge is 0.305 e. The van der Waals surface area contributed by atoms with Crippen LogP contribution < -0.4 is 5.32 Å². The average Bonchev–Trinajstić information content (AvgIpc) is 2.15. The fourth-order valence-corrected chi connectivity index (χ4v) is 3.55. The second kappa shape index (κ2) is 4.35. The molecule has 1 aromatic carbocycles. The van der Waals surface area contributed by atoms with E-state index in [4.69, 9.17) is 11.6 Å². The summed E-state index contributed by atoms with van der Waals surface area (Å²) >= 11 is 6.06.